The zero-order chi connectivity index (χ0) is 16.4. The average Bonchev–Trinajstić information content (AvgIpc) is 3.12. The molecule has 0 spiro atoms. The fourth-order valence-corrected chi connectivity index (χ4v) is 2.92. The van der Waals surface area contributed by atoms with Crippen LogP contribution in [-0.2, 0) is 13.5 Å². The van der Waals surface area contributed by atoms with Crippen LogP contribution in [0, 0.1) is 0 Å². The molecule has 0 radical (unpaired) electrons. The lowest BCUT2D eigenvalue weighted by molar-refractivity contribution is 0.262. The second-order valence-corrected chi connectivity index (χ2v) is 6.01. The number of fused-ring (bicyclic) bond motifs is 1. The molecule has 0 saturated carbocycles. The number of hydrogen-bond donors (Lipinski definition) is 2. The van der Waals surface area contributed by atoms with Gasteiger partial charge in [-0.25, -0.2) is 4.79 Å². The van der Waals surface area contributed by atoms with E-state index in [1.807, 2.05) is 42.8 Å². The number of carbonyl (C=O) groups excluding carboxylic acids is 1. The number of anilines is 2. The quantitative estimate of drug-likeness (QED) is 0.769. The molecule has 8 heteroatoms. The molecule has 2 aromatic heterocycles. The molecule has 0 bridgehead atoms. The summed E-state index contributed by atoms with van der Waals surface area (Å²) in [4.78, 5) is 12.1. The molecule has 120 valence electrons. The van der Waals surface area contributed by atoms with Crippen molar-refractivity contribution >= 4 is 39.2 Å². The van der Waals surface area contributed by atoms with Crippen molar-refractivity contribution in [1.82, 2.24) is 14.8 Å². The average molecular weight is 331 g/mol. The van der Waals surface area contributed by atoms with E-state index in [1.165, 1.54) is 11.3 Å². The first-order valence-electron chi connectivity index (χ1n) is 7.14. The molecule has 0 fully saturated rings. The Hall–Kier alpha value is -2.61. The van der Waals surface area contributed by atoms with Gasteiger partial charge in [0.25, 0.3) is 0 Å². The van der Waals surface area contributed by atoms with Crippen LogP contribution in [0.2, 0.25) is 0 Å². The van der Waals surface area contributed by atoms with Gasteiger partial charge in [0.15, 0.2) is 0 Å². The molecular weight excluding hydrogens is 314 g/mol. The Labute approximate surface area is 137 Å². The van der Waals surface area contributed by atoms with Crippen molar-refractivity contribution in [3.05, 3.63) is 29.3 Å². The largest absolute Gasteiger partial charge is 0.497 e. The normalized spacial score (nSPS) is 10.7. The molecule has 0 aliphatic carbocycles. The lowest BCUT2D eigenvalue weighted by Gasteiger charge is -2.07. The van der Waals surface area contributed by atoms with E-state index in [0.29, 0.717) is 10.9 Å². The smallest absolute Gasteiger partial charge is 0.326 e. The Morgan fingerprint density at radius 3 is 2.83 bits per heavy atom. The van der Waals surface area contributed by atoms with Crippen molar-refractivity contribution < 1.29 is 9.53 Å². The molecule has 3 rings (SSSR count). The molecule has 0 atom stereocenters. The predicted octanol–water partition coefficient (Wildman–Crippen LogP) is 3.24. The van der Waals surface area contributed by atoms with E-state index in [4.69, 9.17) is 4.74 Å². The molecule has 0 unspecified atom stereocenters. The monoisotopic (exact) mass is 331 g/mol. The van der Waals surface area contributed by atoms with E-state index in [1.54, 1.807) is 7.11 Å². The highest BCUT2D eigenvalue weighted by Gasteiger charge is 2.11. The van der Waals surface area contributed by atoms with Crippen molar-refractivity contribution in [1.29, 1.82) is 0 Å². The minimum absolute atomic E-state index is 0.346. The molecule has 2 amide bonds. The zero-order valence-electron chi connectivity index (χ0n) is 13.1. The second kappa shape index (κ2) is 6.25. The van der Waals surface area contributed by atoms with Gasteiger partial charge in [-0.3, -0.25) is 10.6 Å². The minimum Gasteiger partial charge on any atom is -0.497 e. The van der Waals surface area contributed by atoms with Gasteiger partial charge in [-0.15, -0.1) is 10.2 Å². The third kappa shape index (κ3) is 3.11. The van der Waals surface area contributed by atoms with Gasteiger partial charge in [-0.05, 0) is 24.6 Å². The Bertz CT molecular complexity index is 855. The van der Waals surface area contributed by atoms with Gasteiger partial charge < -0.3 is 9.30 Å². The van der Waals surface area contributed by atoms with Crippen LogP contribution in [0.1, 0.15) is 11.9 Å². The molecule has 0 aliphatic rings. The third-order valence-corrected chi connectivity index (χ3v) is 4.47. The molecule has 0 saturated heterocycles. The fourth-order valence-electron chi connectivity index (χ4n) is 2.25. The molecule has 2 N–H and O–H groups in total. The summed E-state index contributed by atoms with van der Waals surface area (Å²) in [5.74, 6) is 1.46. The van der Waals surface area contributed by atoms with Crippen molar-refractivity contribution in [2.75, 3.05) is 17.7 Å². The number of benzene rings is 1. The van der Waals surface area contributed by atoms with Crippen LogP contribution >= 0.6 is 11.3 Å². The van der Waals surface area contributed by atoms with E-state index >= 15 is 0 Å². The molecule has 23 heavy (non-hydrogen) atoms. The van der Waals surface area contributed by atoms with Crippen LogP contribution in [0.3, 0.4) is 0 Å². The van der Waals surface area contributed by atoms with Gasteiger partial charge in [0.1, 0.15) is 16.6 Å². The summed E-state index contributed by atoms with van der Waals surface area (Å²) >= 11 is 1.37. The topological polar surface area (TPSA) is 81.1 Å². The molecule has 3 aromatic rings. The van der Waals surface area contributed by atoms with Gasteiger partial charge in [0.2, 0.25) is 5.13 Å². The maximum absolute atomic E-state index is 12.1. The van der Waals surface area contributed by atoms with Crippen LogP contribution in [0.25, 0.3) is 10.9 Å². The number of carbonyl (C=O) groups is 1. The number of urea groups is 1. The summed E-state index contributed by atoms with van der Waals surface area (Å²) in [5, 5.41) is 15.8. The number of hydrogen-bond acceptors (Lipinski definition) is 5. The standard InChI is InChI=1S/C15H17N5O2S/c1-4-13-18-19-15(23-13)17-14(21)16-12-7-9-5-6-10(22-3)8-11(9)20(12)2/h5-8H,4H2,1-3H3,(H2,16,17,19,21). The number of aryl methyl sites for hydroxylation is 2. The van der Waals surface area contributed by atoms with Gasteiger partial charge in [0.05, 0.1) is 12.6 Å². The van der Waals surface area contributed by atoms with Crippen LogP contribution < -0.4 is 15.4 Å². The van der Waals surface area contributed by atoms with Crippen LogP contribution in [0.15, 0.2) is 24.3 Å². The third-order valence-electron chi connectivity index (χ3n) is 3.48. The highest BCUT2D eigenvalue weighted by Crippen LogP contribution is 2.26. The number of methoxy groups -OCH3 is 1. The molecule has 1 aromatic carbocycles. The molecule has 0 aliphatic heterocycles. The van der Waals surface area contributed by atoms with E-state index < -0.39 is 0 Å². The second-order valence-electron chi connectivity index (χ2n) is 4.95. The Balaban J connectivity index is 1.77. The summed E-state index contributed by atoms with van der Waals surface area (Å²) in [5.41, 5.74) is 0.976. The maximum atomic E-state index is 12.1. The van der Waals surface area contributed by atoms with Crippen molar-refractivity contribution in [2.45, 2.75) is 13.3 Å². The fraction of sp³-hybridized carbons (Fsp3) is 0.267. The minimum atomic E-state index is -0.346. The summed E-state index contributed by atoms with van der Waals surface area (Å²) in [6.45, 7) is 1.99. The maximum Gasteiger partial charge on any atom is 0.326 e. The van der Waals surface area contributed by atoms with Crippen LogP contribution in [-0.4, -0.2) is 27.9 Å². The number of nitrogens with one attached hydrogen (secondary N) is 2. The van der Waals surface area contributed by atoms with Gasteiger partial charge in [-0.2, -0.15) is 0 Å². The Morgan fingerprint density at radius 2 is 2.13 bits per heavy atom. The number of nitrogens with zero attached hydrogens (tertiary/aromatic N) is 3. The molecular formula is C15H17N5O2S. The first-order chi connectivity index (χ1) is 11.1. The highest BCUT2D eigenvalue weighted by atomic mass is 32.1. The highest BCUT2D eigenvalue weighted by molar-refractivity contribution is 7.15. The van der Waals surface area contributed by atoms with Gasteiger partial charge in [0, 0.05) is 18.5 Å². The van der Waals surface area contributed by atoms with Crippen LogP contribution in [0.4, 0.5) is 15.7 Å². The number of amides is 2. The Morgan fingerprint density at radius 1 is 1.30 bits per heavy atom. The number of rotatable bonds is 4. The van der Waals surface area contributed by atoms with Crippen molar-refractivity contribution in [3.8, 4) is 5.75 Å². The summed E-state index contributed by atoms with van der Waals surface area (Å²) in [7, 11) is 3.51. The van der Waals surface area contributed by atoms with E-state index in [0.717, 1.165) is 28.1 Å². The van der Waals surface area contributed by atoms with Gasteiger partial charge in [-0.1, -0.05) is 18.3 Å². The first kappa shape index (κ1) is 15.3. The molecule has 7 nitrogen and oxygen atoms in total. The molecule has 2 heterocycles. The number of aromatic nitrogens is 3. The first-order valence-corrected chi connectivity index (χ1v) is 7.96. The van der Waals surface area contributed by atoms with E-state index in [2.05, 4.69) is 20.8 Å². The van der Waals surface area contributed by atoms with Crippen molar-refractivity contribution in [2.24, 2.45) is 7.05 Å². The Kier molecular flexibility index (Phi) is 4.16. The lowest BCUT2D eigenvalue weighted by atomic mass is 10.2. The summed E-state index contributed by atoms with van der Waals surface area (Å²) < 4.78 is 7.13. The van der Waals surface area contributed by atoms with Gasteiger partial charge >= 0.3 is 6.03 Å². The van der Waals surface area contributed by atoms with Crippen LogP contribution in [0.5, 0.6) is 5.75 Å². The predicted molar refractivity (Wildman–Crippen MR) is 91.4 cm³/mol. The summed E-state index contributed by atoms with van der Waals surface area (Å²) in [6.07, 6.45) is 0.798. The summed E-state index contributed by atoms with van der Waals surface area (Å²) in [6, 6.07) is 7.33. The van der Waals surface area contributed by atoms with Crippen molar-refractivity contribution in [3.63, 3.8) is 0 Å². The number of ether oxygens (including phenoxy) is 1. The lowest BCUT2D eigenvalue weighted by Crippen LogP contribution is -2.20. The van der Waals surface area contributed by atoms with E-state index in [-0.39, 0.29) is 6.03 Å². The SMILES string of the molecule is CCc1nnc(NC(=O)Nc2cc3ccc(OC)cc3n2C)s1. The zero-order valence-corrected chi connectivity index (χ0v) is 13.9. The van der Waals surface area contributed by atoms with E-state index in [9.17, 15) is 4.79 Å².